The second-order valence-corrected chi connectivity index (χ2v) is 4.66. The van der Waals surface area contributed by atoms with Crippen LogP contribution in [0.5, 0.6) is 0 Å². The van der Waals surface area contributed by atoms with Gasteiger partial charge < -0.3 is 11.1 Å². The smallest absolute Gasteiger partial charge is 0.275 e. The van der Waals surface area contributed by atoms with Gasteiger partial charge >= 0.3 is 0 Å². The van der Waals surface area contributed by atoms with Crippen LogP contribution >= 0.6 is 15.9 Å². The quantitative estimate of drug-likeness (QED) is 0.876. The molecule has 2 heterocycles. The zero-order valence-corrected chi connectivity index (χ0v) is 11.5. The Balaban J connectivity index is 2.24. The minimum atomic E-state index is -0.660. The Bertz CT molecular complexity index is 635. The van der Waals surface area contributed by atoms with E-state index in [0.717, 1.165) is 4.47 Å². The van der Waals surface area contributed by atoms with Crippen molar-refractivity contribution < 1.29 is 9.59 Å². The summed E-state index contributed by atoms with van der Waals surface area (Å²) < 4.78 is 2.16. The molecule has 0 unspecified atom stereocenters. The highest BCUT2D eigenvalue weighted by atomic mass is 79.9. The lowest BCUT2D eigenvalue weighted by Crippen LogP contribution is -2.18. The summed E-state index contributed by atoms with van der Waals surface area (Å²) in [7, 11) is 1.62. The summed E-state index contributed by atoms with van der Waals surface area (Å²) in [4.78, 5) is 27.1. The first-order chi connectivity index (χ1) is 8.97. The fraction of sp³-hybridized carbons (Fsp3) is 0.0909. The van der Waals surface area contributed by atoms with E-state index in [9.17, 15) is 9.59 Å². The third-order valence-corrected chi connectivity index (χ3v) is 2.76. The third-order valence-electron chi connectivity index (χ3n) is 2.29. The number of aryl methyl sites for hydroxylation is 1. The predicted octanol–water partition coefficient (Wildman–Crippen LogP) is 0.929. The maximum Gasteiger partial charge on any atom is 0.275 e. The van der Waals surface area contributed by atoms with Crippen molar-refractivity contribution in [3.63, 3.8) is 0 Å². The second-order valence-electron chi connectivity index (χ2n) is 3.75. The molecule has 0 saturated heterocycles. The molecule has 0 spiro atoms. The molecular weight excluding hydrogens is 314 g/mol. The van der Waals surface area contributed by atoms with E-state index in [-0.39, 0.29) is 17.1 Å². The highest BCUT2D eigenvalue weighted by Crippen LogP contribution is 2.13. The van der Waals surface area contributed by atoms with Gasteiger partial charge in [-0.3, -0.25) is 14.3 Å². The average molecular weight is 324 g/mol. The molecule has 0 aliphatic carbocycles. The van der Waals surface area contributed by atoms with Crippen LogP contribution in [-0.4, -0.2) is 26.6 Å². The molecule has 0 aromatic carbocycles. The molecule has 7 nitrogen and oxygen atoms in total. The molecule has 0 aliphatic heterocycles. The van der Waals surface area contributed by atoms with Crippen molar-refractivity contribution in [3.8, 4) is 0 Å². The topological polar surface area (TPSA) is 103 Å². The van der Waals surface area contributed by atoms with Gasteiger partial charge in [-0.2, -0.15) is 5.10 Å². The summed E-state index contributed by atoms with van der Waals surface area (Å²) >= 11 is 3.22. The number of carbonyl (C=O) groups excluding carboxylic acids is 2. The zero-order chi connectivity index (χ0) is 14.0. The SMILES string of the molecule is Cn1cc(C(N)=O)c(NC(=O)c2ccc(Br)cn2)n1. The van der Waals surface area contributed by atoms with Crippen molar-refractivity contribution in [1.82, 2.24) is 14.8 Å². The van der Waals surface area contributed by atoms with Crippen molar-refractivity contribution in [3.05, 3.63) is 40.3 Å². The molecule has 8 heteroatoms. The summed E-state index contributed by atoms with van der Waals surface area (Å²) in [6, 6.07) is 3.24. The Labute approximate surface area is 116 Å². The summed E-state index contributed by atoms with van der Waals surface area (Å²) in [5, 5.41) is 6.46. The van der Waals surface area contributed by atoms with Crippen LogP contribution in [0, 0.1) is 0 Å². The van der Waals surface area contributed by atoms with Crippen molar-refractivity contribution in [2.24, 2.45) is 12.8 Å². The van der Waals surface area contributed by atoms with Crippen LogP contribution in [0.3, 0.4) is 0 Å². The van der Waals surface area contributed by atoms with E-state index in [1.807, 2.05) is 0 Å². The van der Waals surface area contributed by atoms with Crippen molar-refractivity contribution in [2.75, 3.05) is 5.32 Å². The molecule has 0 atom stereocenters. The molecule has 2 amide bonds. The van der Waals surface area contributed by atoms with Gasteiger partial charge in [0.05, 0.1) is 0 Å². The van der Waals surface area contributed by atoms with Gasteiger partial charge in [-0.15, -0.1) is 0 Å². The number of rotatable bonds is 3. The van der Waals surface area contributed by atoms with Crippen LogP contribution < -0.4 is 11.1 Å². The molecule has 2 aromatic heterocycles. The van der Waals surface area contributed by atoms with Crippen molar-refractivity contribution in [2.45, 2.75) is 0 Å². The molecule has 19 heavy (non-hydrogen) atoms. The van der Waals surface area contributed by atoms with E-state index in [0.29, 0.717) is 0 Å². The number of nitrogens with zero attached hydrogens (tertiary/aromatic N) is 3. The molecule has 0 aliphatic rings. The number of amides is 2. The monoisotopic (exact) mass is 323 g/mol. The standard InChI is InChI=1S/C11H10BrN5O2/c1-17-5-7(9(13)18)10(16-17)15-11(19)8-3-2-6(12)4-14-8/h2-5H,1H3,(H2,13,18)(H,15,16,19). The van der Waals surface area contributed by atoms with Gasteiger partial charge in [0.25, 0.3) is 11.8 Å². The number of anilines is 1. The molecule has 2 aromatic rings. The van der Waals surface area contributed by atoms with Crippen LogP contribution in [0.1, 0.15) is 20.8 Å². The fourth-order valence-corrected chi connectivity index (χ4v) is 1.68. The van der Waals surface area contributed by atoms with Crippen LogP contribution in [0.15, 0.2) is 29.0 Å². The number of hydrogen-bond donors (Lipinski definition) is 2. The van der Waals surface area contributed by atoms with Gasteiger partial charge in [0.1, 0.15) is 11.3 Å². The molecule has 3 N–H and O–H groups in total. The minimum absolute atomic E-state index is 0.115. The normalized spacial score (nSPS) is 10.2. The summed E-state index contributed by atoms with van der Waals surface area (Å²) in [6.45, 7) is 0. The fourth-order valence-electron chi connectivity index (χ4n) is 1.44. The number of halogens is 1. The number of carbonyl (C=O) groups is 2. The molecule has 0 bridgehead atoms. The minimum Gasteiger partial charge on any atom is -0.365 e. The maximum atomic E-state index is 11.9. The number of pyridine rings is 1. The van der Waals surface area contributed by atoms with E-state index in [2.05, 4.69) is 31.3 Å². The average Bonchev–Trinajstić information content (AvgIpc) is 2.71. The Morgan fingerprint density at radius 3 is 2.74 bits per heavy atom. The summed E-state index contributed by atoms with van der Waals surface area (Å²) in [5.74, 6) is -1.01. The van der Waals surface area contributed by atoms with E-state index in [1.165, 1.54) is 17.1 Å². The molecular formula is C11H10BrN5O2. The first-order valence-corrected chi connectivity index (χ1v) is 6.03. The number of primary amides is 1. The Kier molecular flexibility index (Phi) is 3.61. The number of nitrogens with one attached hydrogen (secondary N) is 1. The summed E-state index contributed by atoms with van der Waals surface area (Å²) in [5.41, 5.74) is 5.56. The number of hydrogen-bond acceptors (Lipinski definition) is 4. The highest BCUT2D eigenvalue weighted by Gasteiger charge is 2.16. The molecule has 0 fully saturated rings. The van der Waals surface area contributed by atoms with Gasteiger partial charge in [0, 0.05) is 23.9 Å². The highest BCUT2D eigenvalue weighted by molar-refractivity contribution is 9.10. The predicted molar refractivity (Wildman–Crippen MR) is 71.6 cm³/mol. The first-order valence-electron chi connectivity index (χ1n) is 5.23. The third kappa shape index (κ3) is 2.97. The molecule has 98 valence electrons. The molecule has 0 radical (unpaired) electrons. The lowest BCUT2D eigenvalue weighted by Gasteiger charge is -2.02. The van der Waals surface area contributed by atoms with Crippen LogP contribution in [0.2, 0.25) is 0 Å². The van der Waals surface area contributed by atoms with E-state index in [1.54, 1.807) is 19.2 Å². The van der Waals surface area contributed by atoms with Crippen molar-refractivity contribution in [1.29, 1.82) is 0 Å². The number of aromatic nitrogens is 3. The molecule has 2 rings (SSSR count). The van der Waals surface area contributed by atoms with Gasteiger partial charge in [0.15, 0.2) is 5.82 Å². The van der Waals surface area contributed by atoms with Crippen LogP contribution in [-0.2, 0) is 7.05 Å². The van der Waals surface area contributed by atoms with Gasteiger partial charge in [-0.1, -0.05) is 0 Å². The summed E-state index contributed by atoms with van der Waals surface area (Å²) in [6.07, 6.45) is 2.94. The number of nitrogens with two attached hydrogens (primary N) is 1. The Hall–Kier alpha value is -2.22. The largest absolute Gasteiger partial charge is 0.365 e. The zero-order valence-electron chi connectivity index (χ0n) is 9.92. The van der Waals surface area contributed by atoms with Gasteiger partial charge in [-0.05, 0) is 28.1 Å². The Morgan fingerprint density at radius 2 is 2.16 bits per heavy atom. The van der Waals surface area contributed by atoms with E-state index in [4.69, 9.17) is 5.73 Å². The maximum absolute atomic E-state index is 11.9. The van der Waals surface area contributed by atoms with Crippen LogP contribution in [0.25, 0.3) is 0 Å². The van der Waals surface area contributed by atoms with E-state index >= 15 is 0 Å². The van der Waals surface area contributed by atoms with Crippen molar-refractivity contribution >= 4 is 33.6 Å². The lowest BCUT2D eigenvalue weighted by molar-refractivity contribution is 0.100. The van der Waals surface area contributed by atoms with Crippen LogP contribution in [0.4, 0.5) is 5.82 Å². The van der Waals surface area contributed by atoms with Gasteiger partial charge in [0.2, 0.25) is 0 Å². The first kappa shape index (κ1) is 13.2. The van der Waals surface area contributed by atoms with Gasteiger partial charge in [-0.25, -0.2) is 4.98 Å². The second kappa shape index (κ2) is 5.19. The Morgan fingerprint density at radius 1 is 1.42 bits per heavy atom. The molecule has 0 saturated carbocycles. The van der Waals surface area contributed by atoms with E-state index < -0.39 is 11.8 Å². The lowest BCUT2D eigenvalue weighted by atomic mass is 10.3.